The lowest BCUT2D eigenvalue weighted by atomic mass is 9.77. The van der Waals surface area contributed by atoms with Crippen LogP contribution in [0.5, 0.6) is 0 Å². The molecule has 1 saturated carbocycles. The van der Waals surface area contributed by atoms with Crippen molar-refractivity contribution in [3.8, 4) is 0 Å². The van der Waals surface area contributed by atoms with Gasteiger partial charge in [0.15, 0.2) is 0 Å². The molecule has 3 heteroatoms. The molecule has 1 heterocycles. The third-order valence-corrected chi connectivity index (χ3v) is 5.72. The highest BCUT2D eigenvalue weighted by Gasteiger charge is 2.37. The molecule has 1 aliphatic carbocycles. The lowest BCUT2D eigenvalue weighted by Crippen LogP contribution is -2.39. The predicted octanol–water partition coefficient (Wildman–Crippen LogP) is 4.27. The molecule has 1 atom stereocenters. The van der Waals surface area contributed by atoms with Crippen LogP contribution in [-0.2, 0) is 0 Å². The number of hydrogen-bond acceptors (Lipinski definition) is 2. The highest BCUT2D eigenvalue weighted by molar-refractivity contribution is 5.55. The fraction of sp³-hybridized carbons (Fsp3) is 0.667. The Morgan fingerprint density at radius 2 is 1.81 bits per heavy atom. The minimum Gasteiger partial charge on any atom is -0.371 e. The first-order valence-electron chi connectivity index (χ1n) is 8.35. The number of rotatable bonds is 3. The fourth-order valence-corrected chi connectivity index (χ4v) is 4.16. The Kier molecular flexibility index (Phi) is 4.21. The van der Waals surface area contributed by atoms with Gasteiger partial charge in [0.2, 0.25) is 0 Å². The topological polar surface area (TPSA) is 15.3 Å². The number of anilines is 1. The van der Waals surface area contributed by atoms with Crippen LogP contribution in [0.2, 0.25) is 0 Å². The number of halogens is 1. The van der Waals surface area contributed by atoms with Gasteiger partial charge >= 0.3 is 0 Å². The Bertz CT molecular complexity index is 484. The number of hydrogen-bond donors (Lipinski definition) is 1. The van der Waals surface area contributed by atoms with Crippen molar-refractivity contribution in [2.75, 3.05) is 25.0 Å². The molecular weight excluding hydrogens is 263 g/mol. The van der Waals surface area contributed by atoms with Gasteiger partial charge in [0.25, 0.3) is 0 Å². The van der Waals surface area contributed by atoms with Crippen molar-refractivity contribution in [2.24, 2.45) is 5.41 Å². The molecule has 1 aliphatic heterocycles. The van der Waals surface area contributed by atoms with Gasteiger partial charge in [0, 0.05) is 24.8 Å². The van der Waals surface area contributed by atoms with Crippen molar-refractivity contribution in [1.29, 1.82) is 0 Å². The van der Waals surface area contributed by atoms with Gasteiger partial charge in [-0.2, -0.15) is 0 Å². The molecule has 1 aromatic carbocycles. The zero-order valence-electron chi connectivity index (χ0n) is 13.3. The van der Waals surface area contributed by atoms with E-state index in [1.165, 1.54) is 44.2 Å². The van der Waals surface area contributed by atoms with Crippen LogP contribution in [0, 0.1) is 11.2 Å². The van der Waals surface area contributed by atoms with Gasteiger partial charge in [0.05, 0.1) is 0 Å². The molecule has 1 aromatic rings. The molecule has 3 rings (SSSR count). The van der Waals surface area contributed by atoms with E-state index in [1.807, 2.05) is 13.1 Å². The summed E-state index contributed by atoms with van der Waals surface area (Å²) in [5.41, 5.74) is 2.93. The van der Waals surface area contributed by atoms with Gasteiger partial charge in [0.1, 0.15) is 5.82 Å². The summed E-state index contributed by atoms with van der Waals surface area (Å²) in [7, 11) is 1.93. The zero-order chi connectivity index (χ0) is 14.9. The molecule has 2 nitrogen and oxygen atoms in total. The standard InChI is InChI=1S/C18H27FN2/c1-14(20-2)16-13-15(19)5-6-17(16)21-11-9-18(10-12-21)7-3-4-8-18/h5-6,13-14,20H,3-4,7-12H2,1-2H3. The predicted molar refractivity (Wildman–Crippen MR) is 86.2 cm³/mol. The van der Waals surface area contributed by atoms with E-state index in [9.17, 15) is 4.39 Å². The summed E-state index contributed by atoms with van der Waals surface area (Å²) in [6, 6.07) is 5.43. The van der Waals surface area contributed by atoms with Crippen LogP contribution < -0.4 is 10.2 Å². The molecule has 1 N–H and O–H groups in total. The summed E-state index contributed by atoms with van der Waals surface area (Å²) >= 11 is 0. The highest BCUT2D eigenvalue weighted by Crippen LogP contribution is 2.47. The molecule has 1 spiro atoms. The first-order valence-corrected chi connectivity index (χ1v) is 8.35. The zero-order valence-corrected chi connectivity index (χ0v) is 13.3. The Morgan fingerprint density at radius 3 is 2.43 bits per heavy atom. The summed E-state index contributed by atoms with van der Waals surface area (Å²) in [6.07, 6.45) is 8.28. The molecule has 2 fully saturated rings. The maximum Gasteiger partial charge on any atom is 0.123 e. The van der Waals surface area contributed by atoms with Crippen LogP contribution in [0.3, 0.4) is 0 Å². The van der Waals surface area contributed by atoms with Crippen LogP contribution >= 0.6 is 0 Å². The van der Waals surface area contributed by atoms with E-state index in [0.717, 1.165) is 18.7 Å². The molecule has 1 unspecified atom stereocenters. The van der Waals surface area contributed by atoms with Crippen molar-refractivity contribution in [2.45, 2.75) is 51.5 Å². The van der Waals surface area contributed by atoms with Crippen LogP contribution in [0.15, 0.2) is 18.2 Å². The second-order valence-corrected chi connectivity index (χ2v) is 6.91. The van der Waals surface area contributed by atoms with E-state index in [2.05, 4.69) is 17.1 Å². The van der Waals surface area contributed by atoms with E-state index in [0.29, 0.717) is 5.41 Å². The van der Waals surface area contributed by atoms with E-state index in [1.54, 1.807) is 12.1 Å². The maximum absolute atomic E-state index is 13.6. The van der Waals surface area contributed by atoms with Crippen molar-refractivity contribution in [1.82, 2.24) is 5.32 Å². The van der Waals surface area contributed by atoms with Crippen molar-refractivity contribution in [3.63, 3.8) is 0 Å². The summed E-state index contributed by atoms with van der Waals surface area (Å²) in [5, 5.41) is 3.24. The third kappa shape index (κ3) is 2.94. The number of nitrogens with one attached hydrogen (secondary N) is 1. The van der Waals surface area contributed by atoms with Crippen LogP contribution in [0.1, 0.15) is 57.1 Å². The number of benzene rings is 1. The lowest BCUT2D eigenvalue weighted by Gasteiger charge is -2.41. The molecular formula is C18H27FN2. The van der Waals surface area contributed by atoms with Crippen molar-refractivity contribution in [3.05, 3.63) is 29.6 Å². The molecule has 0 radical (unpaired) electrons. The average molecular weight is 290 g/mol. The third-order valence-electron chi connectivity index (χ3n) is 5.72. The molecule has 2 aliphatic rings. The average Bonchev–Trinajstić information content (AvgIpc) is 2.96. The first-order chi connectivity index (χ1) is 10.1. The largest absolute Gasteiger partial charge is 0.371 e. The van der Waals surface area contributed by atoms with Crippen LogP contribution in [0.4, 0.5) is 10.1 Å². The quantitative estimate of drug-likeness (QED) is 0.894. The Morgan fingerprint density at radius 1 is 1.14 bits per heavy atom. The van der Waals surface area contributed by atoms with Gasteiger partial charge < -0.3 is 10.2 Å². The SMILES string of the molecule is CNC(C)c1cc(F)ccc1N1CCC2(CCCC2)CC1. The highest BCUT2D eigenvalue weighted by atomic mass is 19.1. The van der Waals surface area contributed by atoms with Gasteiger partial charge in [-0.25, -0.2) is 4.39 Å². The lowest BCUT2D eigenvalue weighted by molar-refractivity contribution is 0.226. The van der Waals surface area contributed by atoms with Gasteiger partial charge in [-0.15, -0.1) is 0 Å². The normalized spacial score (nSPS) is 22.7. The van der Waals surface area contributed by atoms with Gasteiger partial charge in [-0.05, 0) is 68.8 Å². The molecule has 21 heavy (non-hydrogen) atoms. The minimum absolute atomic E-state index is 0.139. The van der Waals surface area contributed by atoms with Gasteiger partial charge in [-0.1, -0.05) is 12.8 Å². The van der Waals surface area contributed by atoms with Crippen LogP contribution in [-0.4, -0.2) is 20.1 Å². The Hall–Kier alpha value is -1.09. The summed E-state index contributed by atoms with van der Waals surface area (Å²) < 4.78 is 13.6. The van der Waals surface area contributed by atoms with Crippen molar-refractivity contribution < 1.29 is 4.39 Å². The molecule has 0 amide bonds. The second-order valence-electron chi connectivity index (χ2n) is 6.91. The van der Waals surface area contributed by atoms with Crippen molar-refractivity contribution >= 4 is 5.69 Å². The molecule has 0 aromatic heterocycles. The Balaban J connectivity index is 1.78. The summed E-state index contributed by atoms with van der Waals surface area (Å²) in [6.45, 7) is 4.34. The van der Waals surface area contributed by atoms with E-state index < -0.39 is 0 Å². The first kappa shape index (κ1) is 14.8. The molecule has 0 bridgehead atoms. The number of piperidine rings is 1. The smallest absolute Gasteiger partial charge is 0.123 e. The fourth-order valence-electron chi connectivity index (χ4n) is 4.16. The van der Waals surface area contributed by atoms with Gasteiger partial charge in [-0.3, -0.25) is 0 Å². The van der Waals surface area contributed by atoms with Crippen LogP contribution in [0.25, 0.3) is 0 Å². The summed E-state index contributed by atoms with van der Waals surface area (Å²) in [5.74, 6) is -0.139. The monoisotopic (exact) mass is 290 g/mol. The molecule has 116 valence electrons. The van der Waals surface area contributed by atoms with E-state index in [4.69, 9.17) is 0 Å². The Labute approximate surface area is 127 Å². The second kappa shape index (κ2) is 5.96. The molecule has 1 saturated heterocycles. The maximum atomic E-state index is 13.6. The summed E-state index contributed by atoms with van der Waals surface area (Å²) in [4.78, 5) is 2.46. The minimum atomic E-state index is -0.139. The number of nitrogens with zero attached hydrogens (tertiary/aromatic N) is 1. The van der Waals surface area contributed by atoms with E-state index in [-0.39, 0.29) is 11.9 Å². The van der Waals surface area contributed by atoms with E-state index >= 15 is 0 Å².